The maximum atomic E-state index is 12.3. The summed E-state index contributed by atoms with van der Waals surface area (Å²) in [5.74, 6) is -0.675. The molecule has 2 N–H and O–H groups in total. The lowest BCUT2D eigenvalue weighted by Gasteiger charge is -2.07. The number of hydrogen-bond acceptors (Lipinski definition) is 6. The molecule has 0 spiro atoms. The number of carbonyl (C=O) groups is 2. The number of aromatic nitrogens is 3. The van der Waals surface area contributed by atoms with Gasteiger partial charge in [-0.15, -0.1) is 11.3 Å². The summed E-state index contributed by atoms with van der Waals surface area (Å²) < 4.78 is 0. The Bertz CT molecular complexity index is 836. The van der Waals surface area contributed by atoms with Gasteiger partial charge in [-0.1, -0.05) is 6.07 Å². The monoisotopic (exact) mass is 339 g/mol. The van der Waals surface area contributed by atoms with Gasteiger partial charge in [0, 0.05) is 31.3 Å². The van der Waals surface area contributed by atoms with Gasteiger partial charge in [0.2, 0.25) is 0 Å². The van der Waals surface area contributed by atoms with Gasteiger partial charge < -0.3 is 10.6 Å². The van der Waals surface area contributed by atoms with Crippen molar-refractivity contribution in [3.8, 4) is 0 Å². The molecule has 3 heterocycles. The van der Waals surface area contributed by atoms with Crippen molar-refractivity contribution >= 4 is 28.8 Å². The molecule has 120 valence electrons. The van der Waals surface area contributed by atoms with Crippen LogP contribution >= 0.6 is 11.3 Å². The van der Waals surface area contributed by atoms with Crippen LogP contribution in [0.2, 0.25) is 0 Å². The molecule has 0 atom stereocenters. The molecular weight excluding hydrogens is 326 g/mol. The van der Waals surface area contributed by atoms with Gasteiger partial charge >= 0.3 is 0 Å². The highest BCUT2D eigenvalue weighted by molar-refractivity contribution is 7.12. The van der Waals surface area contributed by atoms with E-state index in [1.165, 1.54) is 29.9 Å². The zero-order chi connectivity index (χ0) is 16.8. The molecule has 7 nitrogen and oxygen atoms in total. The van der Waals surface area contributed by atoms with Crippen LogP contribution in [0.5, 0.6) is 0 Å². The summed E-state index contributed by atoms with van der Waals surface area (Å²) in [6.07, 6.45) is 7.64. The first-order valence-electron chi connectivity index (χ1n) is 7.06. The highest BCUT2D eigenvalue weighted by atomic mass is 32.1. The van der Waals surface area contributed by atoms with Crippen molar-refractivity contribution in [1.82, 2.24) is 20.3 Å². The third-order valence-corrected chi connectivity index (χ3v) is 4.00. The van der Waals surface area contributed by atoms with Crippen molar-refractivity contribution in [2.45, 2.75) is 6.54 Å². The number of hydrogen-bond donors (Lipinski definition) is 2. The van der Waals surface area contributed by atoms with Crippen molar-refractivity contribution in [2.24, 2.45) is 0 Å². The van der Waals surface area contributed by atoms with Crippen LogP contribution in [0, 0.1) is 0 Å². The van der Waals surface area contributed by atoms with Gasteiger partial charge in [-0.25, -0.2) is 4.98 Å². The number of pyridine rings is 1. The van der Waals surface area contributed by atoms with Crippen LogP contribution in [-0.4, -0.2) is 26.8 Å². The fraction of sp³-hybridized carbons (Fsp3) is 0.0625. The minimum atomic E-state index is -0.414. The Balaban J connectivity index is 1.66. The largest absolute Gasteiger partial charge is 0.347 e. The lowest BCUT2D eigenvalue weighted by atomic mass is 10.3. The van der Waals surface area contributed by atoms with Gasteiger partial charge in [0.1, 0.15) is 10.6 Å². The number of nitrogens with one attached hydrogen (secondary N) is 2. The summed E-state index contributed by atoms with van der Waals surface area (Å²) in [7, 11) is 0. The average Bonchev–Trinajstić information content (AvgIpc) is 3.09. The van der Waals surface area contributed by atoms with Gasteiger partial charge in [-0.05, 0) is 23.1 Å². The molecule has 0 saturated heterocycles. The zero-order valence-corrected chi connectivity index (χ0v) is 13.3. The minimum Gasteiger partial charge on any atom is -0.347 e. The molecule has 0 aliphatic heterocycles. The van der Waals surface area contributed by atoms with Crippen LogP contribution in [0.4, 0.5) is 5.69 Å². The van der Waals surface area contributed by atoms with Crippen LogP contribution in [0.25, 0.3) is 0 Å². The van der Waals surface area contributed by atoms with Crippen LogP contribution in [0.15, 0.2) is 54.6 Å². The van der Waals surface area contributed by atoms with E-state index >= 15 is 0 Å². The molecule has 0 aliphatic carbocycles. The molecule has 2 amide bonds. The molecule has 3 rings (SSSR count). The van der Waals surface area contributed by atoms with E-state index in [9.17, 15) is 9.59 Å². The number of nitrogens with zero attached hydrogens (tertiary/aromatic N) is 3. The normalized spacial score (nSPS) is 10.2. The first-order valence-corrected chi connectivity index (χ1v) is 7.94. The van der Waals surface area contributed by atoms with E-state index in [1.807, 2.05) is 6.07 Å². The number of rotatable bonds is 5. The van der Waals surface area contributed by atoms with Crippen molar-refractivity contribution in [3.05, 3.63) is 70.7 Å². The van der Waals surface area contributed by atoms with E-state index in [0.29, 0.717) is 17.1 Å². The fourth-order valence-corrected chi connectivity index (χ4v) is 2.72. The Morgan fingerprint density at radius 2 is 1.92 bits per heavy atom. The summed E-state index contributed by atoms with van der Waals surface area (Å²) in [4.78, 5) is 36.6. The highest BCUT2D eigenvalue weighted by Gasteiger charge is 2.16. The van der Waals surface area contributed by atoms with Crippen LogP contribution < -0.4 is 10.6 Å². The molecule has 0 aliphatic rings. The third-order valence-electron chi connectivity index (χ3n) is 3.09. The molecule has 3 aromatic heterocycles. The summed E-state index contributed by atoms with van der Waals surface area (Å²) in [6, 6.07) is 5.36. The van der Waals surface area contributed by atoms with Crippen molar-refractivity contribution in [3.63, 3.8) is 0 Å². The Hall–Kier alpha value is -3.13. The number of thiophene rings is 1. The topological polar surface area (TPSA) is 96.9 Å². The fourth-order valence-electron chi connectivity index (χ4n) is 1.95. The number of anilines is 1. The third kappa shape index (κ3) is 3.79. The molecule has 0 bridgehead atoms. The lowest BCUT2D eigenvalue weighted by Crippen LogP contribution is -2.23. The maximum Gasteiger partial charge on any atom is 0.275 e. The van der Waals surface area contributed by atoms with Gasteiger partial charge in [0.25, 0.3) is 11.8 Å². The highest BCUT2D eigenvalue weighted by Crippen LogP contribution is 2.22. The first kappa shape index (κ1) is 15.8. The molecule has 24 heavy (non-hydrogen) atoms. The predicted octanol–water partition coefficient (Wildman–Crippen LogP) is 2.12. The maximum absolute atomic E-state index is 12.3. The van der Waals surface area contributed by atoms with Crippen molar-refractivity contribution < 1.29 is 9.59 Å². The van der Waals surface area contributed by atoms with Gasteiger partial charge in [-0.2, -0.15) is 0 Å². The minimum absolute atomic E-state index is 0.186. The second-order valence-electron chi connectivity index (χ2n) is 4.75. The van der Waals surface area contributed by atoms with Crippen LogP contribution in [-0.2, 0) is 6.54 Å². The smallest absolute Gasteiger partial charge is 0.275 e. The number of amides is 2. The summed E-state index contributed by atoms with van der Waals surface area (Å²) >= 11 is 1.25. The van der Waals surface area contributed by atoms with Crippen molar-refractivity contribution in [1.29, 1.82) is 0 Å². The molecule has 8 heteroatoms. The predicted molar refractivity (Wildman–Crippen MR) is 89.7 cm³/mol. The van der Waals surface area contributed by atoms with E-state index in [-0.39, 0.29) is 11.6 Å². The SMILES string of the molecule is O=C(Nc1ccsc1C(=O)NCc1cccnc1)c1cnccn1. The van der Waals surface area contributed by atoms with Crippen molar-refractivity contribution in [2.75, 3.05) is 5.32 Å². The van der Waals surface area contributed by atoms with Gasteiger partial charge in [0.05, 0.1) is 11.9 Å². The molecular formula is C16H13N5O2S. The number of carbonyl (C=O) groups excluding carboxylic acids is 2. The Labute approximate surface area is 141 Å². The summed E-state index contributed by atoms with van der Waals surface area (Å²) in [5, 5.41) is 7.23. The molecule has 0 aromatic carbocycles. The Morgan fingerprint density at radius 1 is 1.04 bits per heavy atom. The van der Waals surface area contributed by atoms with Gasteiger partial charge in [-0.3, -0.25) is 19.6 Å². The zero-order valence-electron chi connectivity index (χ0n) is 12.5. The molecule has 3 aromatic rings. The van der Waals surface area contributed by atoms with E-state index in [2.05, 4.69) is 25.6 Å². The second kappa shape index (κ2) is 7.42. The van der Waals surface area contributed by atoms with E-state index in [1.54, 1.807) is 29.9 Å². The van der Waals surface area contributed by atoms with Crippen LogP contribution in [0.3, 0.4) is 0 Å². The summed E-state index contributed by atoms with van der Waals surface area (Å²) in [6.45, 7) is 0.363. The first-order chi connectivity index (χ1) is 11.7. The summed E-state index contributed by atoms with van der Waals surface area (Å²) in [5.41, 5.74) is 1.53. The Morgan fingerprint density at radius 3 is 2.67 bits per heavy atom. The average molecular weight is 339 g/mol. The lowest BCUT2D eigenvalue weighted by molar-refractivity contribution is 0.0955. The van der Waals surface area contributed by atoms with E-state index in [4.69, 9.17) is 0 Å². The van der Waals surface area contributed by atoms with Gasteiger partial charge in [0.15, 0.2) is 0 Å². The van der Waals surface area contributed by atoms with Crippen LogP contribution in [0.1, 0.15) is 25.7 Å². The second-order valence-corrected chi connectivity index (χ2v) is 5.67. The quantitative estimate of drug-likeness (QED) is 0.742. The molecule has 0 radical (unpaired) electrons. The molecule has 0 unspecified atom stereocenters. The van der Waals surface area contributed by atoms with E-state index < -0.39 is 5.91 Å². The standard InChI is InChI=1S/C16H13N5O2S/c22-15(13-10-18-5-6-19-13)21-12-3-7-24-14(12)16(23)20-9-11-2-1-4-17-8-11/h1-8,10H,9H2,(H,20,23)(H,21,22). The molecule has 0 saturated carbocycles. The Kier molecular flexibility index (Phi) is 4.87. The van der Waals surface area contributed by atoms with E-state index in [0.717, 1.165) is 5.56 Å². The molecule has 0 fully saturated rings.